The molecule has 1 aliphatic heterocycles. The maximum absolute atomic E-state index is 10.8. The molecule has 1 unspecified atom stereocenters. The summed E-state index contributed by atoms with van der Waals surface area (Å²) in [5, 5.41) is 11.1. The Labute approximate surface area is 188 Å². The summed E-state index contributed by atoms with van der Waals surface area (Å²) in [5.74, 6) is 0.305. The third kappa shape index (κ3) is 3.71. The highest BCUT2D eigenvalue weighted by molar-refractivity contribution is 6.34. The molecule has 166 valence electrons. The van der Waals surface area contributed by atoms with Crippen LogP contribution >= 0.6 is 11.6 Å². The average Bonchev–Trinajstić information content (AvgIpc) is 3.42. The van der Waals surface area contributed by atoms with Gasteiger partial charge in [-0.1, -0.05) is 11.6 Å². The summed E-state index contributed by atoms with van der Waals surface area (Å²) in [5.41, 5.74) is 14.1. The van der Waals surface area contributed by atoms with Gasteiger partial charge in [0, 0.05) is 35.3 Å². The van der Waals surface area contributed by atoms with Crippen LogP contribution in [0.3, 0.4) is 0 Å². The number of carbonyl (C=O) groups is 1. The fraction of sp³-hybridized carbons (Fsp3) is 0.333. The fourth-order valence-corrected chi connectivity index (χ4v) is 4.35. The van der Waals surface area contributed by atoms with Crippen molar-refractivity contribution in [3.63, 3.8) is 0 Å². The zero-order chi connectivity index (χ0) is 22.2. The number of halogens is 1. The predicted molar refractivity (Wildman–Crippen MR) is 120 cm³/mol. The number of carbonyl (C=O) groups excluding carboxylic acids is 1. The highest BCUT2D eigenvalue weighted by Gasteiger charge is 2.22. The molecule has 0 bridgehead atoms. The zero-order valence-corrected chi connectivity index (χ0v) is 18.0. The van der Waals surface area contributed by atoms with Crippen LogP contribution in [-0.2, 0) is 16.0 Å². The van der Waals surface area contributed by atoms with E-state index in [0.29, 0.717) is 28.4 Å². The molecule has 32 heavy (non-hydrogen) atoms. The van der Waals surface area contributed by atoms with Gasteiger partial charge in [0.05, 0.1) is 22.8 Å². The second kappa shape index (κ2) is 8.29. The summed E-state index contributed by atoms with van der Waals surface area (Å²) in [4.78, 5) is 15.4. The van der Waals surface area contributed by atoms with Crippen LogP contribution in [0.4, 0.5) is 10.6 Å². The summed E-state index contributed by atoms with van der Waals surface area (Å²) >= 11 is 6.73. The minimum absolute atomic E-state index is 0.104. The number of ether oxygens (including phenoxy) is 2. The molecule has 1 amide bonds. The minimum atomic E-state index is -0.828. The minimum Gasteiger partial charge on any atom is -0.448 e. The second-order valence-corrected chi connectivity index (χ2v) is 8.06. The quantitative estimate of drug-likeness (QED) is 0.470. The number of fused-ring (bicyclic) bond motifs is 3. The van der Waals surface area contributed by atoms with E-state index in [2.05, 4.69) is 15.2 Å². The molecule has 4 aromatic rings. The first-order chi connectivity index (χ1) is 15.5. The van der Waals surface area contributed by atoms with E-state index in [-0.39, 0.29) is 12.8 Å². The van der Waals surface area contributed by atoms with E-state index in [1.165, 1.54) is 0 Å². The molecule has 1 saturated heterocycles. The summed E-state index contributed by atoms with van der Waals surface area (Å²) < 4.78 is 14.2. The van der Waals surface area contributed by atoms with Gasteiger partial charge in [-0.3, -0.25) is 4.68 Å². The van der Waals surface area contributed by atoms with Gasteiger partial charge in [-0.05, 0) is 37.5 Å². The first-order valence-electron chi connectivity index (χ1n) is 10.3. The van der Waals surface area contributed by atoms with Crippen molar-refractivity contribution in [2.24, 2.45) is 5.73 Å². The molecule has 4 heterocycles. The average molecular weight is 456 g/mol. The van der Waals surface area contributed by atoms with E-state index in [4.69, 9.17) is 32.5 Å². The molecule has 1 aromatic carbocycles. The lowest BCUT2D eigenvalue weighted by Gasteiger charge is -2.24. The Hall–Kier alpha value is -3.37. The lowest BCUT2D eigenvalue weighted by molar-refractivity contribution is -0.0383. The Morgan fingerprint density at radius 3 is 2.97 bits per heavy atom. The topological polar surface area (TPSA) is 136 Å². The van der Waals surface area contributed by atoms with E-state index in [1.807, 2.05) is 29.1 Å². The van der Waals surface area contributed by atoms with Gasteiger partial charge in [-0.25, -0.2) is 14.5 Å². The number of benzene rings is 1. The molecule has 10 nitrogen and oxygen atoms in total. The summed E-state index contributed by atoms with van der Waals surface area (Å²) in [6.07, 6.45) is 5.70. The summed E-state index contributed by atoms with van der Waals surface area (Å²) in [6, 6.07) is 5.70. The van der Waals surface area contributed by atoms with Crippen LogP contribution in [0.1, 0.15) is 25.5 Å². The Balaban J connectivity index is 1.56. The number of amides is 1. The molecule has 1 fully saturated rings. The van der Waals surface area contributed by atoms with Gasteiger partial charge in [0.25, 0.3) is 0 Å². The lowest BCUT2D eigenvalue weighted by atomic mass is 10.1. The van der Waals surface area contributed by atoms with Crippen molar-refractivity contribution in [3.05, 3.63) is 35.6 Å². The monoisotopic (exact) mass is 455 g/mol. The molecule has 4 N–H and O–H groups in total. The number of nitrogen functional groups attached to an aromatic ring is 1. The Kier molecular flexibility index (Phi) is 5.32. The van der Waals surface area contributed by atoms with Crippen molar-refractivity contribution in [3.8, 4) is 11.3 Å². The first-order valence-corrected chi connectivity index (χ1v) is 10.7. The number of nitrogens with two attached hydrogens (primary N) is 2. The molecule has 0 radical (unpaired) electrons. The molecular formula is C21H22ClN7O3. The normalized spacial score (nSPS) is 16.6. The molecule has 1 aliphatic rings. The third-order valence-electron chi connectivity index (χ3n) is 5.56. The second-order valence-electron chi connectivity index (χ2n) is 7.65. The van der Waals surface area contributed by atoms with Crippen LogP contribution in [0, 0.1) is 0 Å². The number of primary amides is 1. The molecule has 3 aromatic heterocycles. The third-order valence-corrected chi connectivity index (χ3v) is 5.87. The number of nitrogens with zero attached hydrogens (tertiary/aromatic N) is 5. The number of hydrogen-bond donors (Lipinski definition) is 2. The van der Waals surface area contributed by atoms with Gasteiger partial charge in [0.1, 0.15) is 12.1 Å². The van der Waals surface area contributed by atoms with Gasteiger partial charge in [-0.2, -0.15) is 10.2 Å². The van der Waals surface area contributed by atoms with Crippen LogP contribution in [0.25, 0.3) is 33.1 Å². The van der Waals surface area contributed by atoms with E-state index >= 15 is 0 Å². The van der Waals surface area contributed by atoms with E-state index in [9.17, 15) is 4.79 Å². The zero-order valence-electron chi connectivity index (χ0n) is 17.2. The summed E-state index contributed by atoms with van der Waals surface area (Å²) in [6.45, 7) is 1.16. The van der Waals surface area contributed by atoms with Crippen LogP contribution in [0.5, 0.6) is 0 Å². The molecule has 5 rings (SSSR count). The number of hydrogen-bond acceptors (Lipinski definition) is 7. The largest absolute Gasteiger partial charge is 0.448 e. The van der Waals surface area contributed by atoms with Crippen LogP contribution in [0.2, 0.25) is 5.02 Å². The standard InChI is InChI=1S/C21H22ClN7O3/c22-15-9-12-14-11-28(6-8-32-21(24)30)27-19(14)20(23)26-16(12)10-13(15)17-4-5-25-29(17)18-3-1-2-7-31-18/h4-5,9-11,18H,1-3,6-8H2,(H2,23,26)(H2,24,30). The molecule has 0 aliphatic carbocycles. The Morgan fingerprint density at radius 2 is 2.19 bits per heavy atom. The number of anilines is 1. The van der Waals surface area contributed by atoms with Gasteiger partial charge in [-0.15, -0.1) is 0 Å². The van der Waals surface area contributed by atoms with Crippen molar-refractivity contribution < 1.29 is 14.3 Å². The molecule has 11 heteroatoms. The highest BCUT2D eigenvalue weighted by Crippen LogP contribution is 2.37. The predicted octanol–water partition coefficient (Wildman–Crippen LogP) is 3.48. The maximum atomic E-state index is 10.8. The van der Waals surface area contributed by atoms with Crippen LogP contribution < -0.4 is 11.5 Å². The Bertz CT molecular complexity index is 1310. The van der Waals surface area contributed by atoms with E-state index in [1.54, 1.807) is 10.9 Å². The van der Waals surface area contributed by atoms with Crippen molar-refractivity contribution in [1.82, 2.24) is 24.5 Å². The number of rotatable bonds is 5. The molecule has 1 atom stereocenters. The molecular weight excluding hydrogens is 434 g/mol. The SMILES string of the molecule is NC(=O)OCCn1cc2c(n1)c(N)nc1cc(-c3ccnn3C3CCCCO3)c(Cl)cc12. The van der Waals surface area contributed by atoms with Crippen molar-refractivity contribution >= 4 is 45.3 Å². The highest BCUT2D eigenvalue weighted by atomic mass is 35.5. The van der Waals surface area contributed by atoms with Crippen molar-refractivity contribution in [2.45, 2.75) is 32.0 Å². The van der Waals surface area contributed by atoms with Gasteiger partial charge in [0.15, 0.2) is 12.0 Å². The summed E-state index contributed by atoms with van der Waals surface area (Å²) in [7, 11) is 0. The van der Waals surface area contributed by atoms with E-state index < -0.39 is 6.09 Å². The van der Waals surface area contributed by atoms with Gasteiger partial charge in [0.2, 0.25) is 0 Å². The van der Waals surface area contributed by atoms with Gasteiger partial charge >= 0.3 is 6.09 Å². The van der Waals surface area contributed by atoms with Crippen LogP contribution in [0.15, 0.2) is 30.6 Å². The molecule has 0 spiro atoms. The lowest BCUT2D eigenvalue weighted by Crippen LogP contribution is -2.19. The van der Waals surface area contributed by atoms with Crippen molar-refractivity contribution in [1.29, 1.82) is 0 Å². The molecule has 0 saturated carbocycles. The maximum Gasteiger partial charge on any atom is 0.404 e. The number of pyridine rings is 1. The van der Waals surface area contributed by atoms with E-state index in [0.717, 1.165) is 47.9 Å². The Morgan fingerprint density at radius 1 is 1.31 bits per heavy atom. The number of aromatic nitrogens is 5. The first kappa shape index (κ1) is 20.5. The smallest absolute Gasteiger partial charge is 0.404 e. The van der Waals surface area contributed by atoms with Crippen molar-refractivity contribution in [2.75, 3.05) is 18.9 Å². The van der Waals surface area contributed by atoms with Crippen LogP contribution in [-0.4, -0.2) is 43.9 Å². The fourth-order valence-electron chi connectivity index (χ4n) is 4.08. The van der Waals surface area contributed by atoms with Gasteiger partial charge < -0.3 is 20.9 Å².